The van der Waals surface area contributed by atoms with Crippen LogP contribution in [-0.4, -0.2) is 37.2 Å². The molecule has 10 heteroatoms. The van der Waals surface area contributed by atoms with Crippen LogP contribution in [0, 0.1) is 5.82 Å². The fraction of sp³-hybridized carbons (Fsp3) is 0.286. The van der Waals surface area contributed by atoms with Gasteiger partial charge in [-0.05, 0) is 50.2 Å². The Morgan fingerprint density at radius 2 is 1.81 bits per heavy atom. The first-order valence-corrected chi connectivity index (χ1v) is 9.49. The van der Waals surface area contributed by atoms with Gasteiger partial charge in [-0.25, -0.2) is 18.8 Å². The number of ether oxygens (including phenoxy) is 3. The van der Waals surface area contributed by atoms with E-state index >= 15 is 0 Å². The van der Waals surface area contributed by atoms with Crippen LogP contribution < -0.4 is 15.4 Å². The smallest absolute Gasteiger partial charge is 0.374 e. The number of hydrogen-bond donors (Lipinski definition) is 2. The maximum absolute atomic E-state index is 12.9. The number of halogens is 1. The lowest BCUT2D eigenvalue weighted by molar-refractivity contribution is -0.139. The minimum Gasteiger partial charge on any atom is -0.486 e. The van der Waals surface area contributed by atoms with E-state index in [1.54, 1.807) is 13.8 Å². The van der Waals surface area contributed by atoms with Crippen molar-refractivity contribution < 1.29 is 37.4 Å². The zero-order chi connectivity index (χ0) is 22.4. The Morgan fingerprint density at radius 3 is 2.52 bits per heavy atom. The molecule has 164 valence electrons. The Bertz CT molecular complexity index is 997. The van der Waals surface area contributed by atoms with Crippen LogP contribution in [0.4, 0.5) is 9.18 Å². The van der Waals surface area contributed by atoms with Crippen molar-refractivity contribution in [3.8, 4) is 5.75 Å². The molecule has 31 heavy (non-hydrogen) atoms. The number of esters is 2. The predicted octanol–water partition coefficient (Wildman–Crippen LogP) is 2.67. The Hall–Kier alpha value is -3.82. The molecule has 1 aromatic carbocycles. The summed E-state index contributed by atoms with van der Waals surface area (Å²) in [4.78, 5) is 36.2. The lowest BCUT2D eigenvalue weighted by atomic mass is 10.0. The maximum Gasteiger partial charge on any atom is 0.374 e. The third-order valence-corrected chi connectivity index (χ3v) is 4.27. The second-order valence-corrected chi connectivity index (χ2v) is 6.52. The second-order valence-electron chi connectivity index (χ2n) is 6.52. The van der Waals surface area contributed by atoms with Gasteiger partial charge < -0.3 is 29.3 Å². The molecule has 1 aliphatic heterocycles. The molecule has 2 heterocycles. The van der Waals surface area contributed by atoms with Gasteiger partial charge in [-0.2, -0.15) is 0 Å². The minimum absolute atomic E-state index is 0.0241. The topological polar surface area (TPSA) is 116 Å². The van der Waals surface area contributed by atoms with Crippen LogP contribution in [0.5, 0.6) is 5.75 Å². The Balaban J connectivity index is 1.61. The monoisotopic (exact) mass is 432 g/mol. The highest BCUT2D eigenvalue weighted by Gasteiger charge is 2.30. The molecule has 0 fully saturated rings. The van der Waals surface area contributed by atoms with Crippen LogP contribution in [0.15, 0.2) is 52.1 Å². The third-order valence-electron chi connectivity index (χ3n) is 4.27. The van der Waals surface area contributed by atoms with Gasteiger partial charge in [0.15, 0.2) is 0 Å². The number of rotatable bonds is 8. The van der Waals surface area contributed by atoms with Crippen molar-refractivity contribution in [2.45, 2.75) is 26.5 Å². The van der Waals surface area contributed by atoms with Gasteiger partial charge in [0.05, 0.1) is 23.9 Å². The Morgan fingerprint density at radius 1 is 1.06 bits per heavy atom. The number of benzene rings is 1. The Labute approximate surface area is 177 Å². The molecule has 2 N–H and O–H groups in total. The van der Waals surface area contributed by atoms with Crippen LogP contribution in [0.1, 0.15) is 30.2 Å². The minimum atomic E-state index is -0.788. The van der Waals surface area contributed by atoms with Gasteiger partial charge in [-0.1, -0.05) is 0 Å². The number of furan rings is 1. The van der Waals surface area contributed by atoms with E-state index in [1.807, 2.05) is 0 Å². The molecule has 2 amide bonds. The van der Waals surface area contributed by atoms with Crippen molar-refractivity contribution in [1.29, 1.82) is 0 Å². The quantitative estimate of drug-likeness (QED) is 0.616. The summed E-state index contributed by atoms with van der Waals surface area (Å²) in [7, 11) is 0. The molecule has 1 atom stereocenters. The molecule has 0 spiro atoms. The van der Waals surface area contributed by atoms with Crippen molar-refractivity contribution in [2.24, 2.45) is 0 Å². The molecule has 0 saturated heterocycles. The van der Waals surface area contributed by atoms with E-state index in [4.69, 9.17) is 18.6 Å². The molecule has 2 aromatic rings. The summed E-state index contributed by atoms with van der Waals surface area (Å²) in [6, 6.07) is 7.28. The number of amides is 2. The molecule has 0 unspecified atom stereocenters. The molecule has 1 aliphatic rings. The number of urea groups is 1. The molecular formula is C21H21FN2O7. The van der Waals surface area contributed by atoms with Gasteiger partial charge in [0.2, 0.25) is 5.76 Å². The number of nitrogens with one attached hydrogen (secondary N) is 2. The fourth-order valence-electron chi connectivity index (χ4n) is 2.85. The van der Waals surface area contributed by atoms with Crippen LogP contribution >= 0.6 is 0 Å². The van der Waals surface area contributed by atoms with Crippen molar-refractivity contribution >= 4 is 18.0 Å². The summed E-state index contributed by atoms with van der Waals surface area (Å²) in [5.74, 6) is -1.07. The predicted molar refractivity (Wildman–Crippen MR) is 105 cm³/mol. The standard InChI is InChI=1S/C21H21FN2O7/c1-3-28-20(26)18-12(2)23-21(27)24-16(18)11-30-19(25)17-9-8-15(31-17)10-29-14-6-4-13(22)5-7-14/h4-9,12H,3,10-11H2,1-2H3,(H2,23,24,27)/t12-/m1/s1. The van der Waals surface area contributed by atoms with Gasteiger partial charge in [-0.3, -0.25) is 0 Å². The largest absolute Gasteiger partial charge is 0.486 e. The molecule has 1 aromatic heterocycles. The zero-order valence-corrected chi connectivity index (χ0v) is 16.9. The number of carbonyl (C=O) groups is 3. The van der Waals surface area contributed by atoms with Crippen LogP contribution in [0.2, 0.25) is 0 Å². The highest BCUT2D eigenvalue weighted by atomic mass is 19.1. The fourth-order valence-corrected chi connectivity index (χ4v) is 2.85. The van der Waals surface area contributed by atoms with Crippen LogP contribution in [-0.2, 0) is 20.9 Å². The van der Waals surface area contributed by atoms with Gasteiger partial charge >= 0.3 is 18.0 Å². The molecule has 0 aliphatic carbocycles. The third kappa shape index (κ3) is 5.62. The van der Waals surface area contributed by atoms with E-state index in [0.717, 1.165) is 0 Å². The lowest BCUT2D eigenvalue weighted by Crippen LogP contribution is -2.50. The number of carbonyl (C=O) groups excluding carboxylic acids is 3. The van der Waals surface area contributed by atoms with Gasteiger partial charge in [0, 0.05) is 0 Å². The van der Waals surface area contributed by atoms with E-state index in [2.05, 4.69) is 10.6 Å². The van der Waals surface area contributed by atoms with Gasteiger partial charge in [-0.15, -0.1) is 0 Å². The van der Waals surface area contributed by atoms with E-state index in [-0.39, 0.29) is 42.7 Å². The molecule has 0 saturated carbocycles. The highest BCUT2D eigenvalue weighted by Crippen LogP contribution is 2.17. The SMILES string of the molecule is CCOC(=O)C1=C(COC(=O)c2ccc(COc3ccc(F)cc3)o2)NC(=O)N[C@@H]1C. The summed E-state index contributed by atoms with van der Waals surface area (Å²) in [6.07, 6.45) is 0. The van der Waals surface area contributed by atoms with Gasteiger partial charge in [0.25, 0.3) is 0 Å². The van der Waals surface area contributed by atoms with Crippen molar-refractivity contribution in [3.05, 3.63) is 65.0 Å². The first-order chi connectivity index (χ1) is 14.9. The van der Waals surface area contributed by atoms with Gasteiger partial charge in [0.1, 0.15) is 30.5 Å². The molecule has 0 radical (unpaired) electrons. The van der Waals surface area contributed by atoms with Crippen molar-refractivity contribution in [2.75, 3.05) is 13.2 Å². The first kappa shape index (κ1) is 21.9. The summed E-state index contributed by atoms with van der Waals surface area (Å²) >= 11 is 0. The first-order valence-electron chi connectivity index (χ1n) is 9.49. The zero-order valence-electron chi connectivity index (χ0n) is 16.9. The maximum atomic E-state index is 12.9. The van der Waals surface area contributed by atoms with Crippen molar-refractivity contribution in [3.63, 3.8) is 0 Å². The highest BCUT2D eigenvalue weighted by molar-refractivity contribution is 5.95. The van der Waals surface area contributed by atoms with Crippen LogP contribution in [0.3, 0.4) is 0 Å². The van der Waals surface area contributed by atoms with E-state index < -0.39 is 24.0 Å². The molecule has 3 rings (SSSR count). The summed E-state index contributed by atoms with van der Waals surface area (Å²) in [6.45, 7) is 3.10. The molecule has 9 nitrogen and oxygen atoms in total. The lowest BCUT2D eigenvalue weighted by Gasteiger charge is -2.26. The average Bonchev–Trinajstić information content (AvgIpc) is 3.20. The van der Waals surface area contributed by atoms with Crippen molar-refractivity contribution in [1.82, 2.24) is 10.6 Å². The van der Waals surface area contributed by atoms with E-state index in [9.17, 15) is 18.8 Å². The van der Waals surface area contributed by atoms with E-state index in [0.29, 0.717) is 11.5 Å². The molecule has 0 bridgehead atoms. The summed E-state index contributed by atoms with van der Waals surface area (Å²) < 4.78 is 34.0. The second kappa shape index (κ2) is 9.79. The summed E-state index contributed by atoms with van der Waals surface area (Å²) in [5.41, 5.74) is 0.302. The molecular weight excluding hydrogens is 411 g/mol. The summed E-state index contributed by atoms with van der Waals surface area (Å²) in [5, 5.41) is 5.01. The average molecular weight is 432 g/mol. The van der Waals surface area contributed by atoms with Crippen LogP contribution in [0.25, 0.3) is 0 Å². The Kier molecular flexibility index (Phi) is 6.91. The number of hydrogen-bond acceptors (Lipinski definition) is 7. The normalized spacial score (nSPS) is 15.7. The van der Waals surface area contributed by atoms with E-state index in [1.165, 1.54) is 36.4 Å².